The summed E-state index contributed by atoms with van der Waals surface area (Å²) in [7, 11) is 0. The summed E-state index contributed by atoms with van der Waals surface area (Å²) in [6, 6.07) is 0. The van der Waals surface area contributed by atoms with Gasteiger partial charge in [-0.15, -0.1) is 0 Å². The number of hydrogen-bond donors (Lipinski definition) is 2. The lowest BCUT2D eigenvalue weighted by atomic mass is 10.0. The van der Waals surface area contributed by atoms with E-state index in [0.717, 1.165) is 0 Å². The van der Waals surface area contributed by atoms with E-state index >= 15 is 0 Å². The van der Waals surface area contributed by atoms with Crippen LogP contribution >= 0.6 is 0 Å². The molecule has 2 N–H and O–H groups in total. The minimum absolute atomic E-state index is 0.0768. The molecular weight excluding hydrogens is 228 g/mol. The minimum atomic E-state index is -0.844. The lowest BCUT2D eigenvalue weighted by molar-refractivity contribution is -0.170. The number of hydrogen-bond acceptors (Lipinski definition) is 4. The lowest BCUT2D eigenvalue weighted by Gasteiger charge is -2.27. The molecule has 0 aromatic rings. The van der Waals surface area contributed by atoms with Crippen LogP contribution in [0.25, 0.3) is 0 Å². The standard InChI is InChI=1S/C11H18O6/c12-9(13)3-1-5-11(16-7-8-17-11)6-2-4-10(14)15/h1-8H2,(H,12,13)(H,14,15). The molecule has 0 bridgehead atoms. The average Bonchev–Trinajstić information content (AvgIpc) is 2.66. The van der Waals surface area contributed by atoms with E-state index in [0.29, 0.717) is 38.9 Å². The van der Waals surface area contributed by atoms with Crippen LogP contribution in [0.3, 0.4) is 0 Å². The molecule has 98 valence electrons. The lowest BCUT2D eigenvalue weighted by Crippen LogP contribution is -2.30. The van der Waals surface area contributed by atoms with Crippen LogP contribution in [0.15, 0.2) is 0 Å². The maximum absolute atomic E-state index is 10.4. The molecule has 0 atom stereocenters. The van der Waals surface area contributed by atoms with Crippen LogP contribution in [0.5, 0.6) is 0 Å². The van der Waals surface area contributed by atoms with Crippen molar-refractivity contribution in [3.63, 3.8) is 0 Å². The van der Waals surface area contributed by atoms with E-state index in [4.69, 9.17) is 19.7 Å². The van der Waals surface area contributed by atoms with Crippen LogP contribution in [0.2, 0.25) is 0 Å². The minimum Gasteiger partial charge on any atom is -0.481 e. The van der Waals surface area contributed by atoms with Crippen molar-refractivity contribution in [1.29, 1.82) is 0 Å². The fraction of sp³-hybridized carbons (Fsp3) is 0.818. The summed E-state index contributed by atoms with van der Waals surface area (Å²) in [5, 5.41) is 17.1. The molecule has 0 aromatic carbocycles. The van der Waals surface area contributed by atoms with Crippen LogP contribution in [0.4, 0.5) is 0 Å². The monoisotopic (exact) mass is 246 g/mol. The second kappa shape index (κ2) is 6.56. The Hall–Kier alpha value is -1.14. The molecule has 1 heterocycles. The largest absolute Gasteiger partial charge is 0.481 e. The Morgan fingerprint density at radius 3 is 1.71 bits per heavy atom. The first-order valence-corrected chi connectivity index (χ1v) is 5.76. The van der Waals surface area contributed by atoms with Crippen molar-refractivity contribution >= 4 is 11.9 Å². The third-order valence-electron chi connectivity index (χ3n) is 2.71. The Balaban J connectivity index is 2.34. The zero-order valence-electron chi connectivity index (χ0n) is 9.68. The van der Waals surface area contributed by atoms with Crippen molar-refractivity contribution in [2.45, 2.75) is 44.3 Å². The molecule has 1 aliphatic rings. The van der Waals surface area contributed by atoms with Gasteiger partial charge in [0.2, 0.25) is 0 Å². The highest BCUT2D eigenvalue weighted by Gasteiger charge is 2.35. The van der Waals surface area contributed by atoms with Gasteiger partial charge >= 0.3 is 11.9 Å². The number of ether oxygens (including phenoxy) is 2. The van der Waals surface area contributed by atoms with Gasteiger partial charge in [-0.3, -0.25) is 9.59 Å². The van der Waals surface area contributed by atoms with Gasteiger partial charge in [-0.1, -0.05) is 0 Å². The van der Waals surface area contributed by atoms with Gasteiger partial charge in [-0.25, -0.2) is 0 Å². The SMILES string of the molecule is O=C(O)CCCC1(CCCC(=O)O)OCCO1. The number of carbonyl (C=O) groups is 2. The normalized spacial score (nSPS) is 18.1. The Morgan fingerprint density at radius 2 is 1.35 bits per heavy atom. The fourth-order valence-electron chi connectivity index (χ4n) is 1.93. The Morgan fingerprint density at radius 1 is 0.941 bits per heavy atom. The first kappa shape index (κ1) is 13.9. The van der Waals surface area contributed by atoms with E-state index in [1.165, 1.54) is 0 Å². The number of aliphatic carboxylic acids is 2. The molecule has 1 saturated heterocycles. The molecule has 0 saturated carbocycles. The van der Waals surface area contributed by atoms with Crippen molar-refractivity contribution in [3.8, 4) is 0 Å². The molecule has 0 unspecified atom stereocenters. The Kier molecular flexibility index (Phi) is 5.37. The van der Waals surface area contributed by atoms with Crippen molar-refractivity contribution < 1.29 is 29.3 Å². The van der Waals surface area contributed by atoms with Gasteiger partial charge in [0.1, 0.15) is 0 Å². The van der Waals surface area contributed by atoms with Gasteiger partial charge in [0, 0.05) is 25.7 Å². The summed E-state index contributed by atoms with van der Waals surface area (Å²) < 4.78 is 11.0. The summed E-state index contributed by atoms with van der Waals surface area (Å²) in [6.07, 6.45) is 2.10. The summed E-state index contributed by atoms with van der Waals surface area (Å²) in [5.41, 5.74) is 0. The number of carboxylic acid groups (broad SMARTS) is 2. The average molecular weight is 246 g/mol. The Bertz CT molecular complexity index is 247. The molecular formula is C11H18O6. The smallest absolute Gasteiger partial charge is 0.303 e. The molecule has 1 rings (SSSR count). The van der Waals surface area contributed by atoms with E-state index in [2.05, 4.69) is 0 Å². The molecule has 0 amide bonds. The van der Waals surface area contributed by atoms with Crippen molar-refractivity contribution in [2.24, 2.45) is 0 Å². The van der Waals surface area contributed by atoms with Gasteiger partial charge in [0.05, 0.1) is 13.2 Å². The van der Waals surface area contributed by atoms with E-state index in [1.807, 2.05) is 0 Å². The first-order valence-electron chi connectivity index (χ1n) is 5.76. The molecule has 0 aromatic heterocycles. The zero-order chi connectivity index (χ0) is 12.7. The number of carboxylic acids is 2. The third kappa shape index (κ3) is 5.14. The molecule has 6 heteroatoms. The molecule has 1 fully saturated rings. The van der Waals surface area contributed by atoms with E-state index < -0.39 is 17.7 Å². The van der Waals surface area contributed by atoms with Gasteiger partial charge in [-0.2, -0.15) is 0 Å². The maximum Gasteiger partial charge on any atom is 0.303 e. The van der Waals surface area contributed by atoms with E-state index in [1.54, 1.807) is 0 Å². The highest BCUT2D eigenvalue weighted by atomic mass is 16.7. The van der Waals surface area contributed by atoms with E-state index in [-0.39, 0.29) is 12.8 Å². The quantitative estimate of drug-likeness (QED) is 0.669. The predicted octanol–water partition coefficient (Wildman–Crippen LogP) is 1.24. The molecule has 0 radical (unpaired) electrons. The van der Waals surface area contributed by atoms with Crippen molar-refractivity contribution in [1.82, 2.24) is 0 Å². The van der Waals surface area contributed by atoms with Crippen molar-refractivity contribution in [3.05, 3.63) is 0 Å². The topological polar surface area (TPSA) is 93.1 Å². The Labute approximate surface area is 99.5 Å². The molecule has 6 nitrogen and oxygen atoms in total. The highest BCUT2D eigenvalue weighted by molar-refractivity contribution is 5.66. The summed E-state index contributed by atoms with van der Waals surface area (Å²) in [5.74, 6) is -2.45. The summed E-state index contributed by atoms with van der Waals surface area (Å²) in [6.45, 7) is 0.973. The molecule has 17 heavy (non-hydrogen) atoms. The highest BCUT2D eigenvalue weighted by Crippen LogP contribution is 2.31. The van der Waals surface area contributed by atoms with Crippen LogP contribution < -0.4 is 0 Å². The van der Waals surface area contributed by atoms with Crippen LogP contribution in [-0.4, -0.2) is 41.2 Å². The van der Waals surface area contributed by atoms with Gasteiger partial charge in [-0.05, 0) is 12.8 Å². The van der Waals surface area contributed by atoms with Crippen LogP contribution in [0, 0.1) is 0 Å². The molecule has 0 spiro atoms. The van der Waals surface area contributed by atoms with Gasteiger partial charge < -0.3 is 19.7 Å². The van der Waals surface area contributed by atoms with Crippen molar-refractivity contribution in [2.75, 3.05) is 13.2 Å². The predicted molar refractivity (Wildman–Crippen MR) is 57.6 cm³/mol. The number of rotatable bonds is 8. The second-order valence-corrected chi connectivity index (χ2v) is 4.10. The zero-order valence-corrected chi connectivity index (χ0v) is 9.68. The summed E-state index contributed by atoms with van der Waals surface area (Å²) >= 11 is 0. The first-order chi connectivity index (χ1) is 8.04. The van der Waals surface area contributed by atoms with Gasteiger partial charge in [0.25, 0.3) is 0 Å². The van der Waals surface area contributed by atoms with Crippen LogP contribution in [0.1, 0.15) is 38.5 Å². The van der Waals surface area contributed by atoms with Crippen LogP contribution in [-0.2, 0) is 19.1 Å². The van der Waals surface area contributed by atoms with E-state index in [9.17, 15) is 9.59 Å². The third-order valence-corrected chi connectivity index (χ3v) is 2.71. The second-order valence-electron chi connectivity index (χ2n) is 4.10. The molecule has 0 aliphatic carbocycles. The van der Waals surface area contributed by atoms with Gasteiger partial charge in [0.15, 0.2) is 5.79 Å². The molecule has 1 aliphatic heterocycles. The summed E-state index contributed by atoms with van der Waals surface area (Å²) in [4.78, 5) is 20.8. The maximum atomic E-state index is 10.4. The fourth-order valence-corrected chi connectivity index (χ4v) is 1.93.